The fourth-order valence-electron chi connectivity index (χ4n) is 4.92. The van der Waals surface area contributed by atoms with Gasteiger partial charge in [0.05, 0.1) is 11.3 Å². The molecule has 0 atom stereocenters. The minimum Gasteiger partial charge on any atom is -0.345 e. The lowest BCUT2D eigenvalue weighted by atomic mass is 10.0. The van der Waals surface area contributed by atoms with E-state index in [9.17, 15) is 17.6 Å². The minimum absolute atomic E-state index is 0.0258. The number of fused-ring (bicyclic) bond motifs is 1. The van der Waals surface area contributed by atoms with E-state index in [0.717, 1.165) is 42.6 Å². The second-order valence-electron chi connectivity index (χ2n) is 11.4. The first-order valence-electron chi connectivity index (χ1n) is 13.9. The maximum Gasteiger partial charge on any atom is 0.301 e. The predicted octanol–water partition coefficient (Wildman–Crippen LogP) is 4.06. The number of carbonyl (C=O) groups is 1. The van der Waals surface area contributed by atoms with Gasteiger partial charge in [0.1, 0.15) is 11.5 Å². The van der Waals surface area contributed by atoms with Gasteiger partial charge in [-0.25, -0.2) is 23.7 Å². The third kappa shape index (κ3) is 6.08. The normalized spacial score (nSPS) is 14.9. The molecule has 0 amide bonds. The number of nitrogens with zero attached hydrogens (tertiary/aromatic N) is 6. The predicted molar refractivity (Wildman–Crippen MR) is 161 cm³/mol. The average molecular weight is 613 g/mol. The number of hydrogen-bond donors (Lipinski definition) is 2. The van der Waals surface area contributed by atoms with Gasteiger partial charge in [-0.15, -0.1) is 0 Å². The van der Waals surface area contributed by atoms with Crippen LogP contribution in [-0.2, 0) is 10.2 Å². The summed E-state index contributed by atoms with van der Waals surface area (Å²) in [5, 5.41) is 0.334. The molecule has 11 nitrogen and oxygen atoms in total. The van der Waals surface area contributed by atoms with Crippen molar-refractivity contribution in [2.75, 3.05) is 49.4 Å². The van der Waals surface area contributed by atoms with Gasteiger partial charge < -0.3 is 9.88 Å². The number of piperazine rings is 1. The standard InChI is InChI=1S/C29H34F2N8O3S/c1-6-37(5)43(41,42)36-23-8-7-22(30)24(25(23)31)26(40)21-17-33-27-20(21)13-18(14-32-27)19-15-34-28(35-16-19)38-9-11-39(12-10-38)29(2,3)4/h7-8,13-17,36H,6,9-12H2,1-5H3,(H,32,33). The van der Waals surface area contributed by atoms with Gasteiger partial charge in [-0.05, 0) is 39.0 Å². The van der Waals surface area contributed by atoms with Gasteiger partial charge in [0.15, 0.2) is 5.82 Å². The lowest BCUT2D eigenvalue weighted by Gasteiger charge is -2.42. The number of anilines is 2. The van der Waals surface area contributed by atoms with Crippen LogP contribution >= 0.6 is 0 Å². The van der Waals surface area contributed by atoms with Crippen LogP contribution in [0.3, 0.4) is 0 Å². The smallest absolute Gasteiger partial charge is 0.301 e. The Labute approximate surface area is 249 Å². The van der Waals surface area contributed by atoms with Gasteiger partial charge in [0.25, 0.3) is 0 Å². The number of hydrogen-bond acceptors (Lipinski definition) is 8. The molecule has 1 aliphatic heterocycles. The first-order chi connectivity index (χ1) is 20.3. The Balaban J connectivity index is 1.41. The van der Waals surface area contributed by atoms with E-state index >= 15 is 4.39 Å². The summed E-state index contributed by atoms with van der Waals surface area (Å²) >= 11 is 0. The largest absolute Gasteiger partial charge is 0.345 e. The third-order valence-electron chi connectivity index (χ3n) is 7.67. The van der Waals surface area contributed by atoms with Crippen LogP contribution < -0.4 is 9.62 Å². The number of nitrogens with one attached hydrogen (secondary N) is 2. The van der Waals surface area contributed by atoms with Crippen LogP contribution in [-0.4, -0.2) is 88.7 Å². The van der Waals surface area contributed by atoms with E-state index in [0.29, 0.717) is 28.1 Å². The van der Waals surface area contributed by atoms with Crippen molar-refractivity contribution in [1.82, 2.24) is 29.1 Å². The van der Waals surface area contributed by atoms with Crippen molar-refractivity contribution in [2.24, 2.45) is 0 Å². The van der Waals surface area contributed by atoms with Gasteiger partial charge in [0, 0.05) is 92.2 Å². The zero-order valence-electron chi connectivity index (χ0n) is 24.6. The lowest BCUT2D eigenvalue weighted by molar-refractivity contribution is 0.103. The molecule has 2 N–H and O–H groups in total. The number of aromatic amines is 1. The number of pyridine rings is 1. The molecule has 3 aromatic heterocycles. The molecule has 5 rings (SSSR count). The Morgan fingerprint density at radius 2 is 1.70 bits per heavy atom. The Morgan fingerprint density at radius 1 is 1.05 bits per heavy atom. The van der Waals surface area contributed by atoms with Crippen LogP contribution in [0.5, 0.6) is 0 Å². The van der Waals surface area contributed by atoms with Crippen molar-refractivity contribution in [3.05, 3.63) is 65.7 Å². The molecule has 1 fully saturated rings. The van der Waals surface area contributed by atoms with E-state index in [1.54, 1.807) is 31.6 Å². The Morgan fingerprint density at radius 3 is 2.33 bits per heavy atom. The molecule has 0 bridgehead atoms. The molecule has 1 aromatic carbocycles. The summed E-state index contributed by atoms with van der Waals surface area (Å²) in [4.78, 5) is 34.4. The Kier molecular flexibility index (Phi) is 8.20. The second-order valence-corrected chi connectivity index (χ2v) is 13.2. The molecule has 0 saturated carbocycles. The Bertz CT molecular complexity index is 1760. The fraction of sp³-hybridized carbons (Fsp3) is 0.379. The number of H-pyrrole nitrogens is 1. The second kappa shape index (κ2) is 11.6. The monoisotopic (exact) mass is 612 g/mol. The van der Waals surface area contributed by atoms with Gasteiger partial charge in [0.2, 0.25) is 11.7 Å². The quantitative estimate of drug-likeness (QED) is 0.285. The van der Waals surface area contributed by atoms with Gasteiger partial charge in [-0.2, -0.15) is 12.7 Å². The summed E-state index contributed by atoms with van der Waals surface area (Å²) in [6.45, 7) is 11.8. The molecule has 0 unspecified atom stereocenters. The molecule has 1 aliphatic rings. The molecule has 0 radical (unpaired) electrons. The highest BCUT2D eigenvalue weighted by Crippen LogP contribution is 2.30. The molecular formula is C29H34F2N8O3S. The van der Waals surface area contributed by atoms with Gasteiger partial charge in [-0.1, -0.05) is 6.92 Å². The van der Waals surface area contributed by atoms with Gasteiger partial charge in [-0.3, -0.25) is 14.4 Å². The number of ketones is 1. The molecule has 4 heterocycles. The van der Waals surface area contributed by atoms with E-state index in [-0.39, 0.29) is 17.6 Å². The third-order valence-corrected chi connectivity index (χ3v) is 9.23. The van der Waals surface area contributed by atoms with Crippen molar-refractivity contribution >= 4 is 38.7 Å². The van der Waals surface area contributed by atoms with Gasteiger partial charge >= 0.3 is 10.2 Å². The summed E-state index contributed by atoms with van der Waals surface area (Å²) in [7, 11) is -2.80. The molecule has 1 saturated heterocycles. The van der Waals surface area contributed by atoms with E-state index in [1.165, 1.54) is 13.2 Å². The highest BCUT2D eigenvalue weighted by atomic mass is 32.2. The number of rotatable bonds is 8. The minimum atomic E-state index is -4.11. The highest BCUT2D eigenvalue weighted by molar-refractivity contribution is 7.90. The summed E-state index contributed by atoms with van der Waals surface area (Å²) < 4.78 is 58.2. The SMILES string of the molecule is CCN(C)S(=O)(=O)Nc1ccc(F)c(C(=O)c2c[nH]c3ncc(-c4cnc(N5CCN(C(C)(C)C)CC5)nc4)cc23)c1F. The van der Waals surface area contributed by atoms with Crippen molar-refractivity contribution in [3.63, 3.8) is 0 Å². The zero-order valence-corrected chi connectivity index (χ0v) is 25.5. The Hall–Kier alpha value is -4.01. The van der Waals surface area contributed by atoms with Crippen LogP contribution in [0.1, 0.15) is 43.6 Å². The summed E-state index contributed by atoms with van der Waals surface area (Å²) in [6.07, 6.45) is 6.27. The van der Waals surface area contributed by atoms with Crippen molar-refractivity contribution in [3.8, 4) is 11.1 Å². The number of aromatic nitrogens is 4. The maximum absolute atomic E-state index is 15.4. The van der Waals surface area contributed by atoms with Crippen molar-refractivity contribution in [2.45, 2.75) is 33.2 Å². The first-order valence-corrected chi connectivity index (χ1v) is 15.3. The van der Waals surface area contributed by atoms with E-state index in [2.05, 4.69) is 55.2 Å². The molecule has 14 heteroatoms. The highest BCUT2D eigenvalue weighted by Gasteiger charge is 2.28. The van der Waals surface area contributed by atoms with Crippen LogP contribution in [0.4, 0.5) is 20.4 Å². The fourth-order valence-corrected chi connectivity index (χ4v) is 5.85. The molecule has 0 spiro atoms. The average Bonchev–Trinajstić information content (AvgIpc) is 3.41. The summed E-state index contributed by atoms with van der Waals surface area (Å²) in [6, 6.07) is 3.46. The van der Waals surface area contributed by atoms with Crippen LogP contribution in [0, 0.1) is 11.6 Å². The van der Waals surface area contributed by atoms with E-state index < -0.39 is 38.9 Å². The molecule has 43 heavy (non-hydrogen) atoms. The van der Waals surface area contributed by atoms with E-state index in [4.69, 9.17) is 0 Å². The van der Waals surface area contributed by atoms with Crippen LogP contribution in [0.2, 0.25) is 0 Å². The molecule has 228 valence electrons. The van der Waals surface area contributed by atoms with Crippen molar-refractivity contribution < 1.29 is 22.0 Å². The molecule has 0 aliphatic carbocycles. The molecule has 4 aromatic rings. The van der Waals surface area contributed by atoms with Crippen molar-refractivity contribution in [1.29, 1.82) is 0 Å². The van der Waals surface area contributed by atoms with E-state index in [1.807, 2.05) is 0 Å². The topological polar surface area (TPSA) is 127 Å². The first kappa shape index (κ1) is 30.4. The summed E-state index contributed by atoms with van der Waals surface area (Å²) in [5.41, 5.74) is 0.247. The number of halogens is 2. The number of carbonyl (C=O) groups excluding carboxylic acids is 1. The number of benzene rings is 1. The maximum atomic E-state index is 15.4. The van der Waals surface area contributed by atoms with Crippen LogP contribution in [0.25, 0.3) is 22.2 Å². The van der Waals surface area contributed by atoms with Crippen LogP contribution in [0.15, 0.2) is 43.0 Å². The zero-order chi connectivity index (χ0) is 31.1. The lowest BCUT2D eigenvalue weighted by Crippen LogP contribution is -2.53. The molecular weight excluding hydrogens is 578 g/mol. The summed E-state index contributed by atoms with van der Waals surface area (Å²) in [5.74, 6) is -2.79.